The first kappa shape index (κ1) is 17.3. The zero-order valence-corrected chi connectivity index (χ0v) is 16.0. The highest BCUT2D eigenvalue weighted by Gasteiger charge is 2.21. The molecule has 2 nitrogen and oxygen atoms in total. The molecule has 0 aliphatic heterocycles. The van der Waals surface area contributed by atoms with E-state index in [1.807, 2.05) is 42.6 Å². The van der Waals surface area contributed by atoms with Crippen molar-refractivity contribution in [3.63, 3.8) is 0 Å². The average Bonchev–Trinajstić information content (AvgIpc) is 2.79. The zero-order chi connectivity index (χ0) is 19.6. The van der Waals surface area contributed by atoms with E-state index in [-0.39, 0.29) is 5.78 Å². The molecule has 0 fully saturated rings. The van der Waals surface area contributed by atoms with Crippen LogP contribution in [0.3, 0.4) is 0 Å². The lowest BCUT2D eigenvalue weighted by Gasteiger charge is -2.09. The molecule has 0 spiro atoms. The van der Waals surface area contributed by atoms with Crippen molar-refractivity contribution >= 4 is 27.3 Å². The van der Waals surface area contributed by atoms with Crippen molar-refractivity contribution in [2.45, 2.75) is 6.54 Å². The third-order valence-corrected chi connectivity index (χ3v) is 5.37. The van der Waals surface area contributed by atoms with E-state index in [4.69, 9.17) is 0 Å². The molecule has 4 aromatic carbocycles. The van der Waals surface area contributed by atoms with E-state index in [1.54, 1.807) is 0 Å². The van der Waals surface area contributed by atoms with Gasteiger partial charge in [0.25, 0.3) is 0 Å². The zero-order valence-electron chi connectivity index (χ0n) is 16.0. The first-order valence-corrected chi connectivity index (χ1v) is 9.78. The molecule has 5 aromatic rings. The monoisotopic (exact) mass is 374 g/mol. The molecule has 0 amide bonds. The minimum atomic E-state index is 0.105. The highest BCUT2D eigenvalue weighted by atomic mass is 16.1. The first-order valence-electron chi connectivity index (χ1n) is 9.78. The SMILES string of the molecule is O=C(C[n+]1ccc2ccccc2c1-c1ccc2ccccc2c1)c1ccccc1. The van der Waals surface area contributed by atoms with Crippen LogP contribution in [-0.4, -0.2) is 5.78 Å². The summed E-state index contributed by atoms with van der Waals surface area (Å²) in [5.41, 5.74) is 2.91. The lowest BCUT2D eigenvalue weighted by Crippen LogP contribution is -2.40. The lowest BCUT2D eigenvalue weighted by atomic mass is 10.00. The van der Waals surface area contributed by atoms with Crippen molar-refractivity contribution in [2.75, 3.05) is 0 Å². The van der Waals surface area contributed by atoms with Crippen molar-refractivity contribution in [1.29, 1.82) is 0 Å². The van der Waals surface area contributed by atoms with E-state index in [1.165, 1.54) is 16.2 Å². The number of hydrogen-bond donors (Lipinski definition) is 0. The maximum Gasteiger partial charge on any atom is 0.227 e. The van der Waals surface area contributed by atoms with Gasteiger partial charge in [-0.15, -0.1) is 0 Å². The van der Waals surface area contributed by atoms with Crippen LogP contribution in [0, 0.1) is 0 Å². The number of carbonyl (C=O) groups is 1. The summed E-state index contributed by atoms with van der Waals surface area (Å²) in [6.45, 7) is 0.303. The van der Waals surface area contributed by atoms with Gasteiger partial charge >= 0.3 is 0 Å². The standard InChI is InChI=1S/C27H20NO/c29-26(22-10-2-1-3-11-22)19-28-17-16-21-9-6-7-13-25(21)27(28)24-15-14-20-8-4-5-12-23(20)18-24/h1-18H,19H2/q+1. The largest absolute Gasteiger partial charge is 0.287 e. The summed E-state index contributed by atoms with van der Waals surface area (Å²) >= 11 is 0. The van der Waals surface area contributed by atoms with Gasteiger partial charge < -0.3 is 0 Å². The van der Waals surface area contributed by atoms with E-state index < -0.39 is 0 Å². The first-order chi connectivity index (χ1) is 14.3. The minimum absolute atomic E-state index is 0.105. The van der Waals surface area contributed by atoms with Gasteiger partial charge in [0, 0.05) is 17.2 Å². The molecule has 0 atom stereocenters. The molecule has 29 heavy (non-hydrogen) atoms. The van der Waals surface area contributed by atoms with Crippen LogP contribution in [0.4, 0.5) is 0 Å². The van der Waals surface area contributed by atoms with Crippen molar-refractivity contribution in [2.24, 2.45) is 0 Å². The Kier molecular flexibility index (Phi) is 4.38. The Morgan fingerprint density at radius 2 is 1.34 bits per heavy atom. The molecule has 0 aliphatic carbocycles. The number of ketones is 1. The highest BCUT2D eigenvalue weighted by molar-refractivity contribution is 5.97. The summed E-state index contributed by atoms with van der Waals surface area (Å²) in [4.78, 5) is 12.9. The molecule has 5 rings (SSSR count). The van der Waals surface area contributed by atoms with Gasteiger partial charge in [0.2, 0.25) is 18.0 Å². The quantitative estimate of drug-likeness (QED) is 0.286. The molecule has 0 N–H and O–H groups in total. The van der Waals surface area contributed by atoms with Gasteiger partial charge in [0.1, 0.15) is 0 Å². The fourth-order valence-electron chi connectivity index (χ4n) is 3.92. The number of rotatable bonds is 4. The molecule has 0 bridgehead atoms. The predicted molar refractivity (Wildman–Crippen MR) is 118 cm³/mol. The smallest absolute Gasteiger partial charge is 0.227 e. The Hall–Kier alpha value is -3.78. The number of Topliss-reactive ketones (excluding diaryl/α,β-unsaturated/α-hetero) is 1. The fraction of sp³-hybridized carbons (Fsp3) is 0.0370. The topological polar surface area (TPSA) is 20.9 Å². The normalized spacial score (nSPS) is 11.0. The van der Waals surface area contributed by atoms with Crippen LogP contribution in [0.1, 0.15) is 10.4 Å². The van der Waals surface area contributed by atoms with Gasteiger partial charge in [-0.05, 0) is 34.4 Å². The molecular weight excluding hydrogens is 354 g/mol. The summed E-state index contributed by atoms with van der Waals surface area (Å²) in [6, 6.07) is 34.8. The molecule has 0 saturated heterocycles. The Balaban J connectivity index is 1.69. The van der Waals surface area contributed by atoms with Crippen LogP contribution >= 0.6 is 0 Å². The summed E-state index contributed by atoms with van der Waals surface area (Å²) in [5, 5.41) is 4.72. The third kappa shape index (κ3) is 3.30. The van der Waals surface area contributed by atoms with E-state index in [2.05, 4.69) is 71.3 Å². The van der Waals surface area contributed by atoms with Crippen molar-refractivity contribution in [3.8, 4) is 11.3 Å². The minimum Gasteiger partial charge on any atom is -0.287 e. The number of fused-ring (bicyclic) bond motifs is 2. The van der Waals surface area contributed by atoms with E-state index in [0.717, 1.165) is 22.2 Å². The van der Waals surface area contributed by atoms with Gasteiger partial charge in [0.05, 0.1) is 5.39 Å². The number of hydrogen-bond acceptors (Lipinski definition) is 1. The Morgan fingerprint density at radius 3 is 2.17 bits per heavy atom. The maximum absolute atomic E-state index is 12.9. The second kappa shape index (κ2) is 7.33. The van der Waals surface area contributed by atoms with Crippen LogP contribution in [0.15, 0.2) is 109 Å². The molecule has 138 valence electrons. The second-order valence-corrected chi connectivity index (χ2v) is 7.23. The van der Waals surface area contributed by atoms with Gasteiger partial charge in [-0.1, -0.05) is 78.9 Å². The number of pyridine rings is 1. The van der Waals surface area contributed by atoms with Gasteiger partial charge in [-0.3, -0.25) is 4.79 Å². The average molecular weight is 374 g/mol. The molecule has 1 aromatic heterocycles. The van der Waals surface area contributed by atoms with Crippen LogP contribution in [-0.2, 0) is 6.54 Å². The van der Waals surface area contributed by atoms with Gasteiger partial charge in [0.15, 0.2) is 6.20 Å². The Morgan fingerprint density at radius 1 is 0.655 bits per heavy atom. The number of benzene rings is 4. The van der Waals surface area contributed by atoms with Crippen LogP contribution in [0.25, 0.3) is 32.8 Å². The number of aromatic nitrogens is 1. The predicted octanol–water partition coefficient (Wildman–Crippen LogP) is 5.83. The molecule has 1 heterocycles. The molecule has 0 radical (unpaired) electrons. The van der Waals surface area contributed by atoms with Crippen molar-refractivity contribution in [3.05, 3.63) is 115 Å². The number of nitrogens with zero attached hydrogens (tertiary/aromatic N) is 1. The highest BCUT2D eigenvalue weighted by Crippen LogP contribution is 2.28. The summed E-state index contributed by atoms with van der Waals surface area (Å²) in [6.07, 6.45) is 2.02. The molecule has 0 aliphatic rings. The van der Waals surface area contributed by atoms with Crippen LogP contribution in [0.5, 0.6) is 0 Å². The van der Waals surface area contributed by atoms with Gasteiger partial charge in [-0.2, -0.15) is 4.57 Å². The summed E-state index contributed by atoms with van der Waals surface area (Å²) in [5.74, 6) is 0.105. The Bertz CT molecular complexity index is 1340. The van der Waals surface area contributed by atoms with Crippen molar-refractivity contribution in [1.82, 2.24) is 0 Å². The van der Waals surface area contributed by atoms with Gasteiger partial charge in [-0.25, -0.2) is 0 Å². The molecule has 0 unspecified atom stereocenters. The molecular formula is C27H20NO+. The Labute approximate surface area is 169 Å². The van der Waals surface area contributed by atoms with E-state index >= 15 is 0 Å². The molecule has 2 heteroatoms. The molecule has 0 saturated carbocycles. The van der Waals surface area contributed by atoms with E-state index in [9.17, 15) is 4.79 Å². The number of carbonyl (C=O) groups excluding carboxylic acids is 1. The van der Waals surface area contributed by atoms with Crippen molar-refractivity contribution < 1.29 is 9.36 Å². The fourth-order valence-corrected chi connectivity index (χ4v) is 3.92. The lowest BCUT2D eigenvalue weighted by molar-refractivity contribution is -0.671. The van der Waals surface area contributed by atoms with Crippen LogP contribution < -0.4 is 4.57 Å². The third-order valence-electron chi connectivity index (χ3n) is 5.37. The van der Waals surface area contributed by atoms with E-state index in [0.29, 0.717) is 6.54 Å². The second-order valence-electron chi connectivity index (χ2n) is 7.23. The van der Waals surface area contributed by atoms with Crippen LogP contribution in [0.2, 0.25) is 0 Å². The summed E-state index contributed by atoms with van der Waals surface area (Å²) in [7, 11) is 0. The summed E-state index contributed by atoms with van der Waals surface area (Å²) < 4.78 is 2.07. The maximum atomic E-state index is 12.9.